The third kappa shape index (κ3) is 1.58. The molecule has 1 aromatic heterocycles. The number of hydrogen-bond acceptors (Lipinski definition) is 4. The van der Waals surface area contributed by atoms with Gasteiger partial charge in [-0.2, -0.15) is 0 Å². The van der Waals surface area contributed by atoms with Crippen LogP contribution in [0.1, 0.15) is 6.42 Å². The average Bonchev–Trinajstić information content (AvgIpc) is 2.53. The first kappa shape index (κ1) is 8.31. The molecule has 0 spiro atoms. The Bertz CT molecular complexity index is 303. The molecule has 2 rings (SSSR count). The van der Waals surface area contributed by atoms with Gasteiger partial charge in [0.05, 0.1) is 0 Å². The van der Waals surface area contributed by atoms with Crippen molar-refractivity contribution in [3.8, 4) is 5.75 Å². The normalized spacial score (nSPS) is 22.2. The fourth-order valence-electron chi connectivity index (χ4n) is 1.61. The van der Waals surface area contributed by atoms with Gasteiger partial charge < -0.3 is 15.7 Å². The number of aromatic hydroxyl groups is 1. The highest BCUT2D eigenvalue weighted by Gasteiger charge is 2.21. The Balaban J connectivity index is 2.21. The first-order chi connectivity index (χ1) is 6.27. The minimum atomic E-state index is 0.210. The van der Waals surface area contributed by atoms with Crippen LogP contribution in [0.3, 0.4) is 0 Å². The van der Waals surface area contributed by atoms with E-state index in [0.29, 0.717) is 5.82 Å². The maximum absolute atomic E-state index is 9.51. The van der Waals surface area contributed by atoms with E-state index in [1.54, 1.807) is 18.3 Å². The molecule has 70 valence electrons. The molecule has 0 aromatic carbocycles. The first-order valence-corrected chi connectivity index (χ1v) is 4.42. The van der Waals surface area contributed by atoms with Crippen LogP contribution in [-0.4, -0.2) is 29.2 Å². The Morgan fingerprint density at radius 2 is 2.46 bits per heavy atom. The zero-order chi connectivity index (χ0) is 9.26. The van der Waals surface area contributed by atoms with Crippen molar-refractivity contribution in [3.05, 3.63) is 18.3 Å². The first-order valence-electron chi connectivity index (χ1n) is 4.42. The summed E-state index contributed by atoms with van der Waals surface area (Å²) in [6.45, 7) is 1.66. The lowest BCUT2D eigenvalue weighted by molar-refractivity contribution is 0.472. The van der Waals surface area contributed by atoms with Crippen molar-refractivity contribution in [1.82, 2.24) is 4.98 Å². The van der Waals surface area contributed by atoms with Crippen LogP contribution >= 0.6 is 0 Å². The third-order valence-electron chi connectivity index (χ3n) is 2.29. The second-order valence-corrected chi connectivity index (χ2v) is 3.34. The summed E-state index contributed by atoms with van der Waals surface area (Å²) >= 11 is 0. The second-order valence-electron chi connectivity index (χ2n) is 3.34. The van der Waals surface area contributed by atoms with E-state index in [9.17, 15) is 5.11 Å². The minimum Gasteiger partial charge on any atom is -0.504 e. The lowest BCUT2D eigenvalue weighted by Crippen LogP contribution is -2.26. The number of nitrogens with two attached hydrogens (primary N) is 1. The van der Waals surface area contributed by atoms with E-state index in [1.165, 1.54) is 0 Å². The number of pyridine rings is 1. The molecule has 13 heavy (non-hydrogen) atoms. The highest BCUT2D eigenvalue weighted by molar-refractivity contribution is 5.51. The molecule has 3 N–H and O–H groups in total. The zero-order valence-corrected chi connectivity index (χ0v) is 7.35. The Hall–Kier alpha value is -1.29. The molecule has 2 heterocycles. The number of aromatic nitrogens is 1. The van der Waals surface area contributed by atoms with Crippen molar-refractivity contribution >= 4 is 5.82 Å². The number of nitrogens with zero attached hydrogens (tertiary/aromatic N) is 2. The van der Waals surface area contributed by atoms with E-state index in [1.807, 2.05) is 4.90 Å². The van der Waals surface area contributed by atoms with E-state index < -0.39 is 0 Å². The fourth-order valence-corrected chi connectivity index (χ4v) is 1.61. The molecule has 1 aliphatic heterocycles. The van der Waals surface area contributed by atoms with E-state index in [4.69, 9.17) is 5.73 Å². The molecule has 1 atom stereocenters. The van der Waals surface area contributed by atoms with Crippen LogP contribution in [0.15, 0.2) is 18.3 Å². The Morgan fingerprint density at radius 1 is 1.62 bits per heavy atom. The van der Waals surface area contributed by atoms with Crippen molar-refractivity contribution in [3.63, 3.8) is 0 Å². The highest BCUT2D eigenvalue weighted by atomic mass is 16.3. The quantitative estimate of drug-likeness (QED) is 0.652. The standard InChI is InChI=1S/C9H13N3O/c10-7-3-5-12(6-7)9-8(13)2-1-4-11-9/h1-2,4,7,13H,3,5-6,10H2/t7-/m1/s1. The van der Waals surface area contributed by atoms with Gasteiger partial charge in [-0.15, -0.1) is 0 Å². The topological polar surface area (TPSA) is 62.4 Å². The minimum absolute atomic E-state index is 0.210. The van der Waals surface area contributed by atoms with Crippen molar-refractivity contribution in [2.75, 3.05) is 18.0 Å². The summed E-state index contributed by atoms with van der Waals surface area (Å²) in [5.41, 5.74) is 5.76. The van der Waals surface area contributed by atoms with Crippen LogP contribution in [0.2, 0.25) is 0 Å². The number of rotatable bonds is 1. The second kappa shape index (κ2) is 3.22. The molecule has 1 aromatic rings. The Labute approximate surface area is 77.0 Å². The Kier molecular flexibility index (Phi) is 2.06. The summed E-state index contributed by atoms with van der Waals surface area (Å²) in [6.07, 6.45) is 2.65. The molecule has 1 fully saturated rings. The maximum Gasteiger partial charge on any atom is 0.171 e. The van der Waals surface area contributed by atoms with Gasteiger partial charge in [0.15, 0.2) is 11.6 Å². The maximum atomic E-state index is 9.51. The van der Waals surface area contributed by atoms with Crippen LogP contribution < -0.4 is 10.6 Å². The van der Waals surface area contributed by atoms with E-state index in [2.05, 4.69) is 4.98 Å². The molecule has 0 aliphatic carbocycles. The molecule has 0 saturated carbocycles. The monoisotopic (exact) mass is 179 g/mol. The molecular formula is C9H13N3O. The summed E-state index contributed by atoms with van der Waals surface area (Å²) < 4.78 is 0. The van der Waals surface area contributed by atoms with Crippen molar-refractivity contribution < 1.29 is 5.11 Å². The van der Waals surface area contributed by atoms with Gasteiger partial charge in [0.1, 0.15) is 0 Å². The predicted molar refractivity (Wildman–Crippen MR) is 50.7 cm³/mol. The Morgan fingerprint density at radius 3 is 3.08 bits per heavy atom. The molecular weight excluding hydrogens is 166 g/mol. The van der Waals surface area contributed by atoms with Gasteiger partial charge in [0.2, 0.25) is 0 Å². The summed E-state index contributed by atoms with van der Waals surface area (Å²) in [5, 5.41) is 9.51. The molecule has 1 aliphatic rings. The van der Waals surface area contributed by atoms with Crippen LogP contribution in [-0.2, 0) is 0 Å². The smallest absolute Gasteiger partial charge is 0.171 e. The molecule has 4 heteroatoms. The largest absolute Gasteiger partial charge is 0.504 e. The van der Waals surface area contributed by atoms with E-state index in [-0.39, 0.29) is 11.8 Å². The number of hydrogen-bond donors (Lipinski definition) is 2. The summed E-state index contributed by atoms with van der Waals surface area (Å²) in [7, 11) is 0. The van der Waals surface area contributed by atoms with Gasteiger partial charge in [-0.1, -0.05) is 0 Å². The molecule has 0 amide bonds. The van der Waals surface area contributed by atoms with Gasteiger partial charge in [-0.3, -0.25) is 0 Å². The van der Waals surface area contributed by atoms with E-state index >= 15 is 0 Å². The molecule has 0 bridgehead atoms. The van der Waals surface area contributed by atoms with Gasteiger partial charge in [-0.05, 0) is 18.6 Å². The molecule has 1 saturated heterocycles. The lowest BCUT2D eigenvalue weighted by Gasteiger charge is -2.17. The number of anilines is 1. The van der Waals surface area contributed by atoms with Gasteiger partial charge >= 0.3 is 0 Å². The summed E-state index contributed by atoms with van der Waals surface area (Å²) in [6, 6.07) is 3.57. The van der Waals surface area contributed by atoms with Gasteiger partial charge in [0, 0.05) is 25.3 Å². The third-order valence-corrected chi connectivity index (χ3v) is 2.29. The van der Waals surface area contributed by atoms with Crippen LogP contribution in [0.25, 0.3) is 0 Å². The van der Waals surface area contributed by atoms with Crippen molar-refractivity contribution in [2.45, 2.75) is 12.5 Å². The molecule has 4 nitrogen and oxygen atoms in total. The van der Waals surface area contributed by atoms with Crippen LogP contribution in [0.5, 0.6) is 5.75 Å². The average molecular weight is 179 g/mol. The predicted octanol–water partition coefficient (Wildman–Crippen LogP) is 0.325. The SMILES string of the molecule is N[C@@H]1CCN(c2ncccc2O)C1. The van der Waals surface area contributed by atoms with Crippen molar-refractivity contribution in [1.29, 1.82) is 0 Å². The highest BCUT2D eigenvalue weighted by Crippen LogP contribution is 2.25. The summed E-state index contributed by atoms with van der Waals surface area (Å²) in [5.74, 6) is 0.882. The van der Waals surface area contributed by atoms with Crippen LogP contribution in [0.4, 0.5) is 5.82 Å². The van der Waals surface area contributed by atoms with Crippen LogP contribution in [0, 0.1) is 0 Å². The zero-order valence-electron chi connectivity index (χ0n) is 7.35. The molecule has 0 radical (unpaired) electrons. The summed E-state index contributed by atoms with van der Waals surface area (Å²) in [4.78, 5) is 6.13. The van der Waals surface area contributed by atoms with Gasteiger partial charge in [0.25, 0.3) is 0 Å². The van der Waals surface area contributed by atoms with Gasteiger partial charge in [-0.25, -0.2) is 4.98 Å². The van der Waals surface area contributed by atoms with Crippen molar-refractivity contribution in [2.24, 2.45) is 5.73 Å². The van der Waals surface area contributed by atoms with E-state index in [0.717, 1.165) is 19.5 Å². The molecule has 0 unspecified atom stereocenters. The fraction of sp³-hybridized carbons (Fsp3) is 0.444. The lowest BCUT2D eigenvalue weighted by atomic mass is 10.3.